The van der Waals surface area contributed by atoms with Crippen molar-refractivity contribution in [2.75, 3.05) is 0 Å². The van der Waals surface area contributed by atoms with Crippen LogP contribution in [0.1, 0.15) is 29.8 Å². The van der Waals surface area contributed by atoms with Crippen molar-refractivity contribution in [1.29, 1.82) is 0 Å². The summed E-state index contributed by atoms with van der Waals surface area (Å²) in [4.78, 5) is 19.7. The first-order valence-corrected chi connectivity index (χ1v) is 6.41. The fraction of sp³-hybridized carbons (Fsp3) is 0.267. The van der Waals surface area contributed by atoms with Gasteiger partial charge in [-0.1, -0.05) is 0 Å². The van der Waals surface area contributed by atoms with Crippen molar-refractivity contribution in [3.05, 3.63) is 35.2 Å². The molecule has 1 aromatic carbocycles. The van der Waals surface area contributed by atoms with E-state index >= 15 is 0 Å². The molecule has 1 aromatic heterocycles. The molecule has 0 radical (unpaired) electrons. The molecule has 0 aliphatic rings. The molecular weight excluding hydrogens is 272 g/mol. The molecule has 2 aromatic rings. The van der Waals surface area contributed by atoms with Gasteiger partial charge in [0.1, 0.15) is 0 Å². The smallest absolute Gasteiger partial charge is 0.310 e. The Morgan fingerprint density at radius 3 is 2.14 bits per heavy atom. The number of phenolic OH excluding ortho intramolecular Hbond substituents is 2. The van der Waals surface area contributed by atoms with Crippen LogP contribution in [0, 0.1) is 13.8 Å². The standard InChI is InChI=1S/C15H16N2O4/c1-7(15(20)21)13-8(2)16-14(17-9(13)3)10-4-5-11(18)12(19)6-10/h4-7,18-19H,1-3H3,(H,20,21). The average Bonchev–Trinajstić information content (AvgIpc) is 2.40. The summed E-state index contributed by atoms with van der Waals surface area (Å²) in [5.74, 6) is -1.72. The topological polar surface area (TPSA) is 104 Å². The Balaban J connectivity index is 2.53. The zero-order valence-electron chi connectivity index (χ0n) is 12.0. The fourth-order valence-electron chi connectivity index (χ4n) is 2.27. The highest BCUT2D eigenvalue weighted by atomic mass is 16.4. The Morgan fingerprint density at radius 2 is 1.67 bits per heavy atom. The molecule has 6 heteroatoms. The fourth-order valence-corrected chi connectivity index (χ4v) is 2.27. The summed E-state index contributed by atoms with van der Waals surface area (Å²) in [5.41, 5.74) is 2.31. The lowest BCUT2D eigenvalue weighted by Gasteiger charge is -2.14. The van der Waals surface area contributed by atoms with E-state index in [1.165, 1.54) is 12.1 Å². The van der Waals surface area contributed by atoms with Gasteiger partial charge in [-0.15, -0.1) is 0 Å². The lowest BCUT2D eigenvalue weighted by atomic mass is 9.98. The molecule has 2 rings (SSSR count). The Hall–Kier alpha value is -2.63. The molecule has 0 saturated heterocycles. The second-order valence-electron chi connectivity index (χ2n) is 4.90. The highest BCUT2D eigenvalue weighted by molar-refractivity contribution is 5.76. The molecule has 0 fully saturated rings. The second kappa shape index (κ2) is 5.40. The molecule has 0 saturated carbocycles. The van der Waals surface area contributed by atoms with Crippen molar-refractivity contribution in [2.45, 2.75) is 26.7 Å². The van der Waals surface area contributed by atoms with Crippen LogP contribution in [0.25, 0.3) is 11.4 Å². The SMILES string of the molecule is Cc1nc(-c2ccc(O)c(O)c2)nc(C)c1C(C)C(=O)O. The zero-order chi connectivity index (χ0) is 15.7. The predicted octanol–water partition coefficient (Wildman–Crippen LogP) is 2.36. The molecule has 1 atom stereocenters. The van der Waals surface area contributed by atoms with E-state index in [4.69, 9.17) is 5.11 Å². The number of aryl methyl sites for hydroxylation is 2. The summed E-state index contributed by atoms with van der Waals surface area (Å²) < 4.78 is 0. The molecule has 0 amide bonds. The molecule has 0 bridgehead atoms. The van der Waals surface area contributed by atoms with E-state index in [-0.39, 0.29) is 11.5 Å². The van der Waals surface area contributed by atoms with Crippen molar-refractivity contribution in [1.82, 2.24) is 9.97 Å². The summed E-state index contributed by atoms with van der Waals surface area (Å²) in [5, 5.41) is 28.0. The minimum Gasteiger partial charge on any atom is -0.504 e. The summed E-state index contributed by atoms with van der Waals surface area (Å²) in [6.45, 7) is 5.05. The number of nitrogens with zero attached hydrogens (tertiary/aromatic N) is 2. The van der Waals surface area contributed by atoms with E-state index in [2.05, 4.69) is 9.97 Å². The van der Waals surface area contributed by atoms with Gasteiger partial charge in [-0.2, -0.15) is 0 Å². The van der Waals surface area contributed by atoms with Gasteiger partial charge in [-0.05, 0) is 39.0 Å². The summed E-state index contributed by atoms with van der Waals surface area (Å²) >= 11 is 0. The first-order chi connectivity index (χ1) is 9.81. The molecule has 3 N–H and O–H groups in total. The number of carbonyl (C=O) groups is 1. The van der Waals surface area contributed by atoms with Gasteiger partial charge < -0.3 is 15.3 Å². The van der Waals surface area contributed by atoms with Crippen molar-refractivity contribution >= 4 is 5.97 Å². The molecular formula is C15H16N2O4. The highest BCUT2D eigenvalue weighted by Crippen LogP contribution is 2.30. The number of carboxylic acids is 1. The number of hydrogen-bond acceptors (Lipinski definition) is 5. The quantitative estimate of drug-likeness (QED) is 0.749. The number of carboxylic acid groups (broad SMARTS) is 1. The number of rotatable bonds is 3. The maximum absolute atomic E-state index is 11.1. The molecule has 0 aliphatic carbocycles. The van der Waals surface area contributed by atoms with Crippen LogP contribution in [-0.4, -0.2) is 31.3 Å². The Labute approximate surface area is 121 Å². The Morgan fingerprint density at radius 1 is 1.10 bits per heavy atom. The number of benzene rings is 1. The van der Waals surface area contributed by atoms with Crippen LogP contribution in [0.5, 0.6) is 11.5 Å². The number of aliphatic carboxylic acids is 1. The third kappa shape index (κ3) is 2.79. The number of hydrogen-bond donors (Lipinski definition) is 3. The van der Waals surface area contributed by atoms with Gasteiger partial charge in [-0.3, -0.25) is 4.79 Å². The van der Waals surface area contributed by atoms with E-state index in [1.807, 2.05) is 0 Å². The second-order valence-corrected chi connectivity index (χ2v) is 4.90. The lowest BCUT2D eigenvalue weighted by Crippen LogP contribution is -2.13. The van der Waals surface area contributed by atoms with E-state index in [1.54, 1.807) is 26.8 Å². The summed E-state index contributed by atoms with van der Waals surface area (Å²) in [6, 6.07) is 4.31. The maximum Gasteiger partial charge on any atom is 0.310 e. The van der Waals surface area contributed by atoms with Gasteiger partial charge in [0, 0.05) is 22.5 Å². The maximum atomic E-state index is 11.1. The third-order valence-corrected chi connectivity index (χ3v) is 3.36. The minimum atomic E-state index is -0.931. The van der Waals surface area contributed by atoms with Gasteiger partial charge in [-0.25, -0.2) is 9.97 Å². The van der Waals surface area contributed by atoms with E-state index in [0.29, 0.717) is 28.3 Å². The normalized spacial score (nSPS) is 12.1. The van der Waals surface area contributed by atoms with Gasteiger partial charge in [0.15, 0.2) is 17.3 Å². The number of aromatic hydroxyl groups is 2. The zero-order valence-corrected chi connectivity index (χ0v) is 12.0. The largest absolute Gasteiger partial charge is 0.504 e. The molecule has 1 heterocycles. The van der Waals surface area contributed by atoms with Gasteiger partial charge >= 0.3 is 5.97 Å². The van der Waals surface area contributed by atoms with Gasteiger partial charge in [0.05, 0.1) is 5.92 Å². The van der Waals surface area contributed by atoms with Crippen molar-refractivity contribution in [3.8, 4) is 22.9 Å². The van der Waals surface area contributed by atoms with E-state index in [0.717, 1.165) is 0 Å². The minimum absolute atomic E-state index is 0.219. The average molecular weight is 288 g/mol. The van der Waals surface area contributed by atoms with Crippen LogP contribution in [0.2, 0.25) is 0 Å². The van der Waals surface area contributed by atoms with Crippen molar-refractivity contribution in [3.63, 3.8) is 0 Å². The molecule has 6 nitrogen and oxygen atoms in total. The number of aromatic nitrogens is 2. The monoisotopic (exact) mass is 288 g/mol. The first kappa shape index (κ1) is 14.8. The van der Waals surface area contributed by atoms with Gasteiger partial charge in [0.25, 0.3) is 0 Å². The van der Waals surface area contributed by atoms with Crippen LogP contribution in [0.4, 0.5) is 0 Å². The van der Waals surface area contributed by atoms with Crippen molar-refractivity contribution < 1.29 is 20.1 Å². The van der Waals surface area contributed by atoms with Crippen LogP contribution < -0.4 is 0 Å². The first-order valence-electron chi connectivity index (χ1n) is 6.41. The number of phenols is 2. The van der Waals surface area contributed by atoms with Crippen LogP contribution >= 0.6 is 0 Å². The lowest BCUT2D eigenvalue weighted by molar-refractivity contribution is -0.138. The third-order valence-electron chi connectivity index (χ3n) is 3.36. The molecule has 1 unspecified atom stereocenters. The van der Waals surface area contributed by atoms with Crippen molar-refractivity contribution in [2.24, 2.45) is 0 Å². The van der Waals surface area contributed by atoms with Crippen LogP contribution in [0.15, 0.2) is 18.2 Å². The predicted molar refractivity (Wildman–Crippen MR) is 76.3 cm³/mol. The van der Waals surface area contributed by atoms with Crippen LogP contribution in [0.3, 0.4) is 0 Å². The van der Waals surface area contributed by atoms with E-state index < -0.39 is 11.9 Å². The molecule has 0 spiro atoms. The molecule has 0 aliphatic heterocycles. The molecule has 110 valence electrons. The Kier molecular flexibility index (Phi) is 3.80. The Bertz CT molecular complexity index is 690. The summed E-state index contributed by atoms with van der Waals surface area (Å²) in [7, 11) is 0. The van der Waals surface area contributed by atoms with E-state index in [9.17, 15) is 15.0 Å². The van der Waals surface area contributed by atoms with Gasteiger partial charge in [0.2, 0.25) is 0 Å². The molecule has 21 heavy (non-hydrogen) atoms. The highest BCUT2D eigenvalue weighted by Gasteiger charge is 2.21. The summed E-state index contributed by atoms with van der Waals surface area (Å²) in [6.07, 6.45) is 0. The van der Waals surface area contributed by atoms with Crippen LogP contribution in [-0.2, 0) is 4.79 Å².